The van der Waals surface area contributed by atoms with Gasteiger partial charge in [0.1, 0.15) is 0 Å². The lowest BCUT2D eigenvalue weighted by Gasteiger charge is -2.31. The molecule has 2 fully saturated rings. The van der Waals surface area contributed by atoms with Gasteiger partial charge in [-0.05, 0) is 36.5 Å². The second-order valence-corrected chi connectivity index (χ2v) is 5.07. The molecule has 0 aromatic heterocycles. The molecule has 0 saturated heterocycles. The lowest BCUT2D eigenvalue weighted by Crippen LogP contribution is -2.20. The van der Waals surface area contributed by atoms with E-state index in [1.165, 1.54) is 25.7 Å². The summed E-state index contributed by atoms with van der Waals surface area (Å²) in [5.41, 5.74) is 0. The Labute approximate surface area is 76.7 Å². The van der Waals surface area contributed by atoms with Gasteiger partial charge < -0.3 is 0 Å². The molecular formula is C12H22. The first-order valence-electron chi connectivity index (χ1n) is 5.81. The van der Waals surface area contributed by atoms with E-state index in [0.29, 0.717) is 0 Å². The highest BCUT2D eigenvalue weighted by molar-refractivity contribution is 4.88. The summed E-state index contributed by atoms with van der Waals surface area (Å²) in [5, 5.41) is 0. The molecule has 0 aliphatic heterocycles. The fraction of sp³-hybridized carbons (Fsp3) is 1.00. The minimum Gasteiger partial charge on any atom is -0.0651 e. The van der Waals surface area contributed by atoms with Crippen molar-refractivity contribution >= 4 is 0 Å². The van der Waals surface area contributed by atoms with Crippen LogP contribution in [0.5, 0.6) is 0 Å². The molecule has 3 unspecified atom stereocenters. The summed E-state index contributed by atoms with van der Waals surface area (Å²) in [6.45, 7) is 4.83. The van der Waals surface area contributed by atoms with Crippen molar-refractivity contribution in [2.45, 2.75) is 52.4 Å². The van der Waals surface area contributed by atoms with Gasteiger partial charge in [0.2, 0.25) is 0 Å². The number of hydrogen-bond donors (Lipinski definition) is 0. The van der Waals surface area contributed by atoms with Crippen LogP contribution in [-0.4, -0.2) is 0 Å². The average Bonchev–Trinajstić information content (AvgIpc) is 2.63. The molecule has 0 amide bonds. The van der Waals surface area contributed by atoms with E-state index in [0.717, 1.165) is 23.7 Å². The van der Waals surface area contributed by atoms with Crippen molar-refractivity contribution in [2.75, 3.05) is 0 Å². The Bertz CT molecular complexity index is 146. The average molecular weight is 166 g/mol. The summed E-state index contributed by atoms with van der Waals surface area (Å²) in [7, 11) is 0. The smallest absolute Gasteiger partial charge is 0.0380 e. The summed E-state index contributed by atoms with van der Waals surface area (Å²) in [4.78, 5) is 0. The second-order valence-electron chi connectivity index (χ2n) is 5.07. The molecule has 2 aliphatic rings. The Kier molecular flexibility index (Phi) is 2.43. The van der Waals surface area contributed by atoms with Crippen molar-refractivity contribution in [2.24, 2.45) is 23.7 Å². The molecular weight excluding hydrogens is 144 g/mol. The third kappa shape index (κ3) is 1.67. The molecule has 0 aromatic rings. The zero-order valence-corrected chi connectivity index (χ0v) is 8.55. The van der Waals surface area contributed by atoms with Crippen LogP contribution in [0.1, 0.15) is 52.4 Å². The van der Waals surface area contributed by atoms with Crippen molar-refractivity contribution in [1.29, 1.82) is 0 Å². The summed E-state index contributed by atoms with van der Waals surface area (Å²) < 4.78 is 0. The van der Waals surface area contributed by atoms with E-state index in [1.54, 1.807) is 12.8 Å². The van der Waals surface area contributed by atoms with Crippen LogP contribution < -0.4 is 0 Å². The highest BCUT2D eigenvalue weighted by Gasteiger charge is 2.37. The van der Waals surface area contributed by atoms with Crippen LogP contribution in [0.25, 0.3) is 0 Å². The predicted molar refractivity (Wildman–Crippen MR) is 53.0 cm³/mol. The van der Waals surface area contributed by atoms with Gasteiger partial charge >= 0.3 is 0 Å². The third-order valence-corrected chi connectivity index (χ3v) is 4.22. The molecule has 0 spiro atoms. The van der Waals surface area contributed by atoms with Crippen LogP contribution in [-0.2, 0) is 0 Å². The summed E-state index contributed by atoms with van der Waals surface area (Å²) >= 11 is 0. The molecule has 0 nitrogen and oxygen atoms in total. The summed E-state index contributed by atoms with van der Waals surface area (Å²) in [6.07, 6.45) is 9.10. The topological polar surface area (TPSA) is 0 Å². The van der Waals surface area contributed by atoms with Gasteiger partial charge in [-0.25, -0.2) is 0 Å². The van der Waals surface area contributed by atoms with Gasteiger partial charge in [-0.1, -0.05) is 39.5 Å². The standard InChI is InChI=1S/C12H22/c1-3-10-8-12(10)7-9(2)11-5-4-6-11/h9-12H,3-8H2,1-2H3. The first-order chi connectivity index (χ1) is 5.81. The number of rotatable bonds is 4. The third-order valence-electron chi connectivity index (χ3n) is 4.22. The van der Waals surface area contributed by atoms with E-state index in [4.69, 9.17) is 0 Å². The van der Waals surface area contributed by atoms with Crippen molar-refractivity contribution in [3.8, 4) is 0 Å². The lowest BCUT2D eigenvalue weighted by atomic mass is 9.75. The van der Waals surface area contributed by atoms with E-state index in [1.807, 2.05) is 0 Å². The SMILES string of the molecule is CCC1CC1CC(C)C1CCC1. The molecule has 0 heterocycles. The Morgan fingerprint density at radius 2 is 2.00 bits per heavy atom. The fourth-order valence-corrected chi connectivity index (χ4v) is 2.78. The van der Waals surface area contributed by atoms with E-state index >= 15 is 0 Å². The minimum atomic E-state index is 1.04. The van der Waals surface area contributed by atoms with E-state index in [9.17, 15) is 0 Å². The van der Waals surface area contributed by atoms with Crippen molar-refractivity contribution in [3.63, 3.8) is 0 Å². The Balaban J connectivity index is 1.66. The quantitative estimate of drug-likeness (QED) is 0.595. The van der Waals surface area contributed by atoms with Gasteiger partial charge in [-0.15, -0.1) is 0 Å². The maximum Gasteiger partial charge on any atom is -0.0380 e. The molecule has 0 bridgehead atoms. The van der Waals surface area contributed by atoms with E-state index in [-0.39, 0.29) is 0 Å². The van der Waals surface area contributed by atoms with Crippen LogP contribution in [0, 0.1) is 23.7 Å². The first kappa shape index (κ1) is 8.59. The van der Waals surface area contributed by atoms with Crippen LogP contribution in [0.4, 0.5) is 0 Å². The highest BCUT2D eigenvalue weighted by Crippen LogP contribution is 2.48. The molecule has 70 valence electrons. The molecule has 12 heavy (non-hydrogen) atoms. The first-order valence-corrected chi connectivity index (χ1v) is 5.81. The van der Waals surface area contributed by atoms with E-state index < -0.39 is 0 Å². The highest BCUT2D eigenvalue weighted by atomic mass is 14.4. The van der Waals surface area contributed by atoms with Gasteiger partial charge in [0, 0.05) is 0 Å². The van der Waals surface area contributed by atoms with Crippen LogP contribution >= 0.6 is 0 Å². The van der Waals surface area contributed by atoms with Crippen molar-refractivity contribution in [3.05, 3.63) is 0 Å². The Morgan fingerprint density at radius 3 is 2.42 bits per heavy atom. The molecule has 2 rings (SSSR count). The normalized spacial score (nSPS) is 37.5. The zero-order valence-electron chi connectivity index (χ0n) is 8.55. The van der Waals surface area contributed by atoms with Crippen molar-refractivity contribution in [1.82, 2.24) is 0 Å². The van der Waals surface area contributed by atoms with Crippen LogP contribution in [0.2, 0.25) is 0 Å². The van der Waals surface area contributed by atoms with E-state index in [2.05, 4.69) is 13.8 Å². The molecule has 3 atom stereocenters. The van der Waals surface area contributed by atoms with Crippen LogP contribution in [0.15, 0.2) is 0 Å². The monoisotopic (exact) mass is 166 g/mol. The largest absolute Gasteiger partial charge is 0.0651 e. The molecule has 0 radical (unpaired) electrons. The van der Waals surface area contributed by atoms with Gasteiger partial charge in [-0.2, -0.15) is 0 Å². The predicted octanol–water partition coefficient (Wildman–Crippen LogP) is 3.86. The Hall–Kier alpha value is 0. The molecule has 0 aromatic carbocycles. The molecule has 2 aliphatic carbocycles. The zero-order chi connectivity index (χ0) is 8.55. The second kappa shape index (κ2) is 3.40. The number of hydrogen-bond acceptors (Lipinski definition) is 0. The van der Waals surface area contributed by atoms with Gasteiger partial charge in [0.25, 0.3) is 0 Å². The van der Waals surface area contributed by atoms with Gasteiger partial charge in [-0.3, -0.25) is 0 Å². The molecule has 0 heteroatoms. The lowest BCUT2D eigenvalue weighted by molar-refractivity contribution is 0.202. The Morgan fingerprint density at radius 1 is 1.25 bits per heavy atom. The van der Waals surface area contributed by atoms with Crippen LogP contribution in [0.3, 0.4) is 0 Å². The fourth-order valence-electron chi connectivity index (χ4n) is 2.78. The minimum absolute atomic E-state index is 1.04. The summed E-state index contributed by atoms with van der Waals surface area (Å²) in [5.74, 6) is 4.40. The molecule has 2 saturated carbocycles. The van der Waals surface area contributed by atoms with Gasteiger partial charge in [0.15, 0.2) is 0 Å². The summed E-state index contributed by atoms with van der Waals surface area (Å²) in [6, 6.07) is 0. The van der Waals surface area contributed by atoms with Gasteiger partial charge in [0.05, 0.1) is 0 Å². The maximum absolute atomic E-state index is 2.48. The van der Waals surface area contributed by atoms with Crippen molar-refractivity contribution < 1.29 is 0 Å². The maximum atomic E-state index is 2.48. The molecule has 0 N–H and O–H groups in total.